The molecule has 0 atom stereocenters. The molecule has 0 aromatic rings. The van der Waals surface area contributed by atoms with Gasteiger partial charge >= 0.3 is 6.03 Å². The van der Waals surface area contributed by atoms with E-state index in [9.17, 15) is 14.4 Å². The number of carbonyl (C=O) groups is 3. The van der Waals surface area contributed by atoms with Gasteiger partial charge in [0, 0.05) is 26.2 Å². The van der Waals surface area contributed by atoms with Crippen molar-refractivity contribution in [2.24, 2.45) is 5.92 Å². The van der Waals surface area contributed by atoms with E-state index >= 15 is 0 Å². The largest absolute Gasteiger partial charge is 0.339 e. The summed E-state index contributed by atoms with van der Waals surface area (Å²) in [4.78, 5) is 40.0. The molecule has 3 fully saturated rings. The van der Waals surface area contributed by atoms with Crippen molar-refractivity contribution < 1.29 is 14.4 Å². The number of amides is 4. The predicted molar refractivity (Wildman–Crippen MR) is 80.1 cm³/mol. The number of urea groups is 1. The van der Waals surface area contributed by atoms with Crippen LogP contribution in [0, 0.1) is 5.92 Å². The highest BCUT2D eigenvalue weighted by atomic mass is 16.2. The number of hydrogen-bond acceptors (Lipinski definition) is 4. The first-order valence-electron chi connectivity index (χ1n) is 8.14. The normalized spacial score (nSPS) is 32.5. The van der Waals surface area contributed by atoms with Crippen LogP contribution in [-0.2, 0) is 9.59 Å². The van der Waals surface area contributed by atoms with Gasteiger partial charge in [-0.1, -0.05) is 6.92 Å². The van der Waals surface area contributed by atoms with Crippen molar-refractivity contribution in [3.8, 4) is 0 Å². The fraction of sp³-hybridized carbons (Fsp3) is 0.800. The molecule has 0 unspecified atom stereocenters. The Hall–Kier alpha value is -1.63. The SMILES string of the molecule is CC1CCC2(CC1)NC(=O)N(CC(=O)N1CCNCC1)C2=O. The Morgan fingerprint density at radius 3 is 2.50 bits per heavy atom. The summed E-state index contributed by atoms with van der Waals surface area (Å²) in [6.07, 6.45) is 3.23. The van der Waals surface area contributed by atoms with E-state index in [0.29, 0.717) is 31.8 Å². The van der Waals surface area contributed by atoms with Crippen LogP contribution in [0.2, 0.25) is 0 Å². The van der Waals surface area contributed by atoms with Crippen molar-refractivity contribution in [2.45, 2.75) is 38.1 Å². The lowest BCUT2D eigenvalue weighted by atomic mass is 9.77. The fourth-order valence-electron chi connectivity index (χ4n) is 3.56. The first-order chi connectivity index (χ1) is 10.5. The topological polar surface area (TPSA) is 81.8 Å². The van der Waals surface area contributed by atoms with E-state index in [1.54, 1.807) is 4.90 Å². The van der Waals surface area contributed by atoms with Gasteiger partial charge in [-0.25, -0.2) is 4.79 Å². The molecule has 7 heteroatoms. The number of rotatable bonds is 2. The van der Waals surface area contributed by atoms with Crippen molar-refractivity contribution >= 4 is 17.8 Å². The zero-order valence-corrected chi connectivity index (χ0v) is 13.1. The molecule has 1 saturated carbocycles. The highest BCUT2D eigenvalue weighted by Gasteiger charge is 2.52. The lowest BCUT2D eigenvalue weighted by Crippen LogP contribution is -2.51. The zero-order chi connectivity index (χ0) is 15.7. The van der Waals surface area contributed by atoms with Gasteiger partial charge in [-0.3, -0.25) is 14.5 Å². The van der Waals surface area contributed by atoms with Gasteiger partial charge in [-0.15, -0.1) is 0 Å². The second-order valence-corrected chi connectivity index (χ2v) is 6.72. The van der Waals surface area contributed by atoms with E-state index in [1.165, 1.54) is 0 Å². The van der Waals surface area contributed by atoms with Crippen LogP contribution in [0.5, 0.6) is 0 Å². The lowest BCUT2D eigenvalue weighted by Gasteiger charge is -2.33. The minimum absolute atomic E-state index is 0.137. The van der Waals surface area contributed by atoms with Crippen molar-refractivity contribution in [3.05, 3.63) is 0 Å². The Balaban J connectivity index is 1.65. The van der Waals surface area contributed by atoms with E-state index in [-0.39, 0.29) is 18.4 Å². The van der Waals surface area contributed by atoms with Crippen LogP contribution in [0.25, 0.3) is 0 Å². The average molecular weight is 308 g/mol. The minimum Gasteiger partial charge on any atom is -0.339 e. The number of nitrogens with one attached hydrogen (secondary N) is 2. The summed E-state index contributed by atoms with van der Waals surface area (Å²) in [7, 11) is 0. The number of imide groups is 1. The van der Waals surface area contributed by atoms with E-state index in [1.807, 2.05) is 0 Å². The lowest BCUT2D eigenvalue weighted by molar-refractivity contribution is -0.140. The molecule has 4 amide bonds. The van der Waals surface area contributed by atoms with Crippen LogP contribution >= 0.6 is 0 Å². The van der Waals surface area contributed by atoms with Crippen LogP contribution in [0.15, 0.2) is 0 Å². The van der Waals surface area contributed by atoms with E-state index in [4.69, 9.17) is 0 Å². The Bertz CT molecular complexity index is 479. The third kappa shape index (κ3) is 2.69. The van der Waals surface area contributed by atoms with Crippen molar-refractivity contribution in [3.63, 3.8) is 0 Å². The van der Waals surface area contributed by atoms with Crippen LogP contribution in [-0.4, -0.2) is 65.9 Å². The monoisotopic (exact) mass is 308 g/mol. The molecular weight excluding hydrogens is 284 g/mol. The van der Waals surface area contributed by atoms with Gasteiger partial charge in [0.2, 0.25) is 5.91 Å². The molecule has 0 aromatic heterocycles. The number of nitrogens with zero attached hydrogens (tertiary/aromatic N) is 2. The van der Waals surface area contributed by atoms with Crippen LogP contribution < -0.4 is 10.6 Å². The molecule has 2 heterocycles. The summed E-state index contributed by atoms with van der Waals surface area (Å²) >= 11 is 0. The molecule has 0 radical (unpaired) electrons. The maximum absolute atomic E-state index is 12.7. The molecule has 1 aliphatic carbocycles. The first kappa shape index (κ1) is 15.3. The highest BCUT2D eigenvalue weighted by Crippen LogP contribution is 2.36. The molecule has 0 aromatic carbocycles. The number of carbonyl (C=O) groups excluding carboxylic acids is 3. The van der Waals surface area contributed by atoms with Crippen molar-refractivity contribution in [1.82, 2.24) is 20.4 Å². The summed E-state index contributed by atoms with van der Waals surface area (Å²) in [5.41, 5.74) is -0.757. The Morgan fingerprint density at radius 2 is 1.86 bits per heavy atom. The predicted octanol–water partition coefficient (Wildman–Crippen LogP) is -0.0811. The van der Waals surface area contributed by atoms with Crippen LogP contribution in [0.1, 0.15) is 32.6 Å². The van der Waals surface area contributed by atoms with Gasteiger partial charge in [0.15, 0.2) is 0 Å². The minimum atomic E-state index is -0.757. The summed E-state index contributed by atoms with van der Waals surface area (Å²) in [5, 5.41) is 6.03. The number of hydrogen-bond donors (Lipinski definition) is 2. The maximum atomic E-state index is 12.7. The summed E-state index contributed by atoms with van der Waals surface area (Å²) in [5.74, 6) is 0.228. The van der Waals surface area contributed by atoms with Gasteiger partial charge in [-0.2, -0.15) is 0 Å². The second-order valence-electron chi connectivity index (χ2n) is 6.72. The number of piperazine rings is 1. The third-order valence-corrected chi connectivity index (χ3v) is 5.14. The Labute approximate surface area is 130 Å². The molecule has 2 saturated heterocycles. The molecule has 2 N–H and O–H groups in total. The molecular formula is C15H24N4O3. The molecule has 22 heavy (non-hydrogen) atoms. The molecule has 3 aliphatic rings. The van der Waals surface area contributed by atoms with Crippen molar-refractivity contribution in [1.29, 1.82) is 0 Å². The molecule has 2 aliphatic heterocycles. The Morgan fingerprint density at radius 1 is 1.23 bits per heavy atom. The van der Waals surface area contributed by atoms with Gasteiger partial charge in [0.05, 0.1) is 0 Å². The maximum Gasteiger partial charge on any atom is 0.325 e. The summed E-state index contributed by atoms with van der Waals surface area (Å²) in [6.45, 7) is 4.81. The van der Waals surface area contributed by atoms with Crippen molar-refractivity contribution in [2.75, 3.05) is 32.7 Å². The van der Waals surface area contributed by atoms with Gasteiger partial charge < -0.3 is 15.5 Å². The summed E-state index contributed by atoms with van der Waals surface area (Å²) < 4.78 is 0. The molecule has 122 valence electrons. The first-order valence-corrected chi connectivity index (χ1v) is 8.14. The Kier molecular flexibility index (Phi) is 4.08. The average Bonchev–Trinajstić information content (AvgIpc) is 2.76. The van der Waals surface area contributed by atoms with E-state index < -0.39 is 11.6 Å². The molecule has 1 spiro atoms. The van der Waals surface area contributed by atoms with E-state index in [0.717, 1.165) is 30.8 Å². The summed E-state index contributed by atoms with van der Waals surface area (Å²) in [6, 6.07) is -0.414. The quantitative estimate of drug-likeness (QED) is 0.699. The highest BCUT2D eigenvalue weighted by molar-refractivity contribution is 6.09. The van der Waals surface area contributed by atoms with Crippen LogP contribution in [0.3, 0.4) is 0 Å². The molecule has 3 rings (SSSR count). The smallest absolute Gasteiger partial charge is 0.325 e. The zero-order valence-electron chi connectivity index (χ0n) is 13.1. The molecule has 7 nitrogen and oxygen atoms in total. The third-order valence-electron chi connectivity index (χ3n) is 5.14. The van der Waals surface area contributed by atoms with Gasteiger partial charge in [0.1, 0.15) is 12.1 Å². The second kappa shape index (κ2) is 5.87. The van der Waals surface area contributed by atoms with Gasteiger partial charge in [-0.05, 0) is 31.6 Å². The standard InChI is InChI=1S/C15H24N4O3/c1-11-2-4-15(5-3-11)13(21)19(14(22)17-15)10-12(20)18-8-6-16-7-9-18/h11,16H,2-10H2,1H3,(H,17,22). The molecule has 0 bridgehead atoms. The van der Waals surface area contributed by atoms with E-state index in [2.05, 4.69) is 17.6 Å². The fourth-order valence-corrected chi connectivity index (χ4v) is 3.56. The van der Waals surface area contributed by atoms with Gasteiger partial charge in [0.25, 0.3) is 5.91 Å². The van der Waals surface area contributed by atoms with Crippen LogP contribution in [0.4, 0.5) is 4.79 Å².